The van der Waals surface area contributed by atoms with Gasteiger partial charge in [0.2, 0.25) is 23.6 Å². The van der Waals surface area contributed by atoms with E-state index in [9.17, 15) is 28.8 Å². The minimum absolute atomic E-state index is 0.0229. The minimum atomic E-state index is -0.634. The summed E-state index contributed by atoms with van der Waals surface area (Å²) in [7, 11) is 0. The van der Waals surface area contributed by atoms with Crippen molar-refractivity contribution < 1.29 is 33.5 Å². The molecule has 4 saturated heterocycles. The molecule has 4 atom stereocenters. The first-order valence-electron chi connectivity index (χ1n) is 10.3. The number of imide groups is 2. The second kappa shape index (κ2) is 7.68. The fourth-order valence-corrected chi connectivity index (χ4v) is 5.29. The largest absolute Gasteiger partial charge is 0.393 e. The Morgan fingerprint density at radius 2 is 1.14 bits per heavy atom. The van der Waals surface area contributed by atoms with Crippen LogP contribution in [0.15, 0.2) is 0 Å². The van der Waals surface area contributed by atoms with Crippen molar-refractivity contribution in [3.05, 3.63) is 0 Å². The van der Waals surface area contributed by atoms with Gasteiger partial charge < -0.3 is 4.74 Å². The molecule has 0 aromatic rings. The summed E-state index contributed by atoms with van der Waals surface area (Å²) in [5.41, 5.74) is 0. The van der Waals surface area contributed by atoms with Gasteiger partial charge in [-0.15, -0.1) is 0 Å². The van der Waals surface area contributed by atoms with Gasteiger partial charge in [-0.1, -0.05) is 0 Å². The van der Waals surface area contributed by atoms with Crippen molar-refractivity contribution in [2.24, 2.45) is 11.8 Å². The van der Waals surface area contributed by atoms with Gasteiger partial charge in [0.1, 0.15) is 0 Å². The van der Waals surface area contributed by atoms with Gasteiger partial charge in [-0.3, -0.25) is 38.6 Å². The monoisotopic (exact) mass is 404 g/mol. The first-order chi connectivity index (χ1) is 13.8. The van der Waals surface area contributed by atoms with E-state index in [0.29, 0.717) is 38.5 Å². The van der Waals surface area contributed by atoms with E-state index in [4.69, 9.17) is 4.74 Å². The van der Waals surface area contributed by atoms with Crippen LogP contribution in [-0.2, 0) is 33.5 Å². The first kappa shape index (κ1) is 19.7. The predicted octanol–water partition coefficient (Wildman–Crippen LogP) is 0.692. The lowest BCUT2D eigenvalue weighted by Gasteiger charge is -2.18. The summed E-state index contributed by atoms with van der Waals surface area (Å²) in [5, 5.41) is 0. The third-order valence-electron chi connectivity index (χ3n) is 6.67. The second-order valence-corrected chi connectivity index (χ2v) is 8.38. The van der Waals surface area contributed by atoms with Crippen molar-refractivity contribution in [3.63, 3.8) is 0 Å². The zero-order valence-electron chi connectivity index (χ0n) is 16.1. The highest BCUT2D eigenvalue weighted by atomic mass is 16.6. The minimum Gasteiger partial charge on any atom is -0.393 e. The van der Waals surface area contributed by atoms with Gasteiger partial charge in [0.25, 0.3) is 0 Å². The Kier molecular flexibility index (Phi) is 5.23. The molecule has 0 radical (unpaired) electrons. The van der Waals surface area contributed by atoms with Crippen LogP contribution in [0.25, 0.3) is 0 Å². The van der Waals surface area contributed by atoms with Crippen molar-refractivity contribution >= 4 is 35.6 Å². The average molecular weight is 404 g/mol. The molecule has 4 unspecified atom stereocenters. The molecule has 4 rings (SSSR count). The number of fused-ring (bicyclic) bond motifs is 2. The van der Waals surface area contributed by atoms with Gasteiger partial charge >= 0.3 is 11.9 Å². The Balaban J connectivity index is 1.19. The van der Waals surface area contributed by atoms with Gasteiger partial charge in [-0.2, -0.15) is 0 Å². The first-order valence-corrected chi connectivity index (χ1v) is 10.3. The number of ether oxygens (including phenoxy) is 1. The second-order valence-electron chi connectivity index (χ2n) is 8.38. The Morgan fingerprint density at radius 3 is 1.55 bits per heavy atom. The van der Waals surface area contributed by atoms with Gasteiger partial charge in [-0.25, -0.2) is 0 Å². The van der Waals surface area contributed by atoms with Gasteiger partial charge in [0, 0.05) is 50.6 Å². The Labute approximate surface area is 167 Å². The third-order valence-corrected chi connectivity index (χ3v) is 6.67. The molecular formula is C20H24N2O7. The lowest BCUT2D eigenvalue weighted by Crippen LogP contribution is -2.32. The number of hydrogen-bond acceptors (Lipinski definition) is 7. The molecule has 9 nitrogen and oxygen atoms in total. The van der Waals surface area contributed by atoms with Crippen LogP contribution in [0.4, 0.5) is 0 Å². The molecule has 9 heteroatoms. The molecule has 0 N–H and O–H groups in total. The Morgan fingerprint density at radius 1 is 0.724 bits per heavy atom. The number of nitrogens with zero attached hydrogens (tertiary/aromatic N) is 2. The van der Waals surface area contributed by atoms with Crippen molar-refractivity contribution in [1.29, 1.82) is 0 Å². The topological polar surface area (TPSA) is 118 Å². The van der Waals surface area contributed by atoms with Crippen LogP contribution < -0.4 is 0 Å². The van der Waals surface area contributed by atoms with E-state index in [1.807, 2.05) is 0 Å². The maximum atomic E-state index is 12.0. The Hall–Kier alpha value is -2.58. The fourth-order valence-electron chi connectivity index (χ4n) is 5.29. The van der Waals surface area contributed by atoms with E-state index in [1.54, 1.807) is 0 Å². The molecule has 0 aromatic heterocycles. The zero-order chi connectivity index (χ0) is 20.7. The van der Waals surface area contributed by atoms with Crippen molar-refractivity contribution in [3.8, 4) is 0 Å². The van der Waals surface area contributed by atoms with E-state index in [2.05, 4.69) is 0 Å². The molecule has 0 aliphatic carbocycles. The van der Waals surface area contributed by atoms with Crippen LogP contribution in [0.5, 0.6) is 0 Å². The highest BCUT2D eigenvalue weighted by Gasteiger charge is 2.47. The van der Waals surface area contributed by atoms with Crippen LogP contribution in [0.1, 0.15) is 64.2 Å². The van der Waals surface area contributed by atoms with Crippen LogP contribution in [-0.4, -0.2) is 57.5 Å². The SMILES string of the molecule is O=C(CCC1CC(=O)N2C(=O)CCC12)OC(=O)CCC1CC(=O)N2C(=O)CCC12. The summed E-state index contributed by atoms with van der Waals surface area (Å²) >= 11 is 0. The molecule has 0 aromatic carbocycles. The molecule has 4 aliphatic rings. The number of amides is 4. The van der Waals surface area contributed by atoms with Crippen LogP contribution >= 0.6 is 0 Å². The number of carbonyl (C=O) groups excluding carboxylic acids is 6. The molecule has 0 saturated carbocycles. The average Bonchev–Trinajstić information content (AvgIpc) is 3.39. The predicted molar refractivity (Wildman–Crippen MR) is 95.5 cm³/mol. The molecule has 0 spiro atoms. The van der Waals surface area contributed by atoms with E-state index in [1.165, 1.54) is 9.80 Å². The number of hydrogen-bond donors (Lipinski definition) is 0. The van der Waals surface area contributed by atoms with Crippen LogP contribution in [0.2, 0.25) is 0 Å². The third kappa shape index (κ3) is 3.70. The maximum Gasteiger partial charge on any atom is 0.313 e. The Bertz CT molecular complexity index is 728. The number of rotatable bonds is 6. The molecule has 0 bridgehead atoms. The molecule has 4 amide bonds. The lowest BCUT2D eigenvalue weighted by atomic mass is 9.93. The van der Waals surface area contributed by atoms with Gasteiger partial charge in [-0.05, 0) is 37.5 Å². The zero-order valence-corrected chi connectivity index (χ0v) is 16.1. The highest BCUT2D eigenvalue weighted by molar-refractivity contribution is 6.00. The van der Waals surface area contributed by atoms with Gasteiger partial charge in [0.05, 0.1) is 0 Å². The lowest BCUT2D eigenvalue weighted by molar-refractivity contribution is -0.160. The summed E-state index contributed by atoms with van der Waals surface area (Å²) in [6.07, 6.45) is 3.35. The smallest absolute Gasteiger partial charge is 0.313 e. The molecule has 4 heterocycles. The normalized spacial score (nSPS) is 30.9. The van der Waals surface area contributed by atoms with E-state index in [0.717, 1.165) is 0 Å². The fraction of sp³-hybridized carbons (Fsp3) is 0.700. The standard InChI is InChI=1S/C20H24N2O7/c23-15-5-3-13-11(9-17(25)21(13)15)1-7-19(27)29-20(28)8-2-12-10-18(26)22-14(12)4-6-16(22)24/h11-14H,1-10H2. The number of esters is 2. The number of carbonyl (C=O) groups is 6. The summed E-state index contributed by atoms with van der Waals surface area (Å²) < 4.78 is 4.88. The summed E-state index contributed by atoms with van der Waals surface area (Å²) in [6, 6.07) is -0.258. The van der Waals surface area contributed by atoms with E-state index >= 15 is 0 Å². The summed E-state index contributed by atoms with van der Waals surface area (Å²) in [4.78, 5) is 73.9. The maximum absolute atomic E-state index is 12.0. The van der Waals surface area contributed by atoms with E-state index < -0.39 is 11.9 Å². The molecule has 4 fully saturated rings. The van der Waals surface area contributed by atoms with Crippen molar-refractivity contribution in [2.45, 2.75) is 76.3 Å². The summed E-state index contributed by atoms with van der Waals surface area (Å²) in [5.74, 6) is -2.05. The molecular weight excluding hydrogens is 380 g/mol. The molecule has 29 heavy (non-hydrogen) atoms. The van der Waals surface area contributed by atoms with Crippen molar-refractivity contribution in [2.75, 3.05) is 0 Å². The summed E-state index contributed by atoms with van der Waals surface area (Å²) in [6.45, 7) is 0. The molecule has 156 valence electrons. The van der Waals surface area contributed by atoms with Crippen molar-refractivity contribution in [1.82, 2.24) is 9.80 Å². The van der Waals surface area contributed by atoms with Crippen LogP contribution in [0, 0.1) is 11.8 Å². The quantitative estimate of drug-likeness (QED) is 0.363. The van der Waals surface area contributed by atoms with E-state index in [-0.39, 0.29) is 73.2 Å². The van der Waals surface area contributed by atoms with Gasteiger partial charge in [0.15, 0.2) is 0 Å². The molecule has 4 aliphatic heterocycles. The van der Waals surface area contributed by atoms with Crippen LogP contribution in [0.3, 0.4) is 0 Å². The highest BCUT2D eigenvalue weighted by Crippen LogP contribution is 2.38.